The molecule has 4 atom stereocenters. The minimum atomic E-state index is -1.63. The van der Waals surface area contributed by atoms with Gasteiger partial charge in [0.05, 0.1) is 6.61 Å². The third-order valence-electron chi connectivity index (χ3n) is 3.54. The van der Waals surface area contributed by atoms with E-state index in [0.717, 1.165) is 0 Å². The Kier molecular flexibility index (Phi) is 5.52. The number of nitrogens with zero attached hydrogens (tertiary/aromatic N) is 1. The van der Waals surface area contributed by atoms with Crippen molar-refractivity contribution in [3.8, 4) is 5.75 Å². The van der Waals surface area contributed by atoms with E-state index in [2.05, 4.69) is 10.3 Å². The first-order valence-electron chi connectivity index (χ1n) is 7.07. The molecule has 0 saturated carbocycles. The van der Waals surface area contributed by atoms with Gasteiger partial charge >= 0.3 is 5.97 Å². The molecule has 9 heteroatoms. The van der Waals surface area contributed by atoms with E-state index in [0.29, 0.717) is 5.56 Å². The predicted molar refractivity (Wildman–Crippen MR) is 83.2 cm³/mol. The van der Waals surface area contributed by atoms with Gasteiger partial charge in [0.1, 0.15) is 41.6 Å². The lowest BCUT2D eigenvalue weighted by atomic mass is 9.97. The third kappa shape index (κ3) is 3.89. The Labute approximate surface area is 136 Å². The van der Waals surface area contributed by atoms with Crippen LogP contribution in [0.5, 0.6) is 5.75 Å². The molecular formula is C15H18N2O7. The smallest absolute Gasteiger partial charge is 0.352 e. The number of carboxylic acids is 1. The molecule has 9 nitrogen and oxygen atoms in total. The Bertz CT molecular complexity index is 656. The fourth-order valence-electron chi connectivity index (χ4n) is 2.19. The van der Waals surface area contributed by atoms with Crippen molar-refractivity contribution in [2.75, 3.05) is 6.61 Å². The SMILES string of the molecule is O=C(O)/C(=C/c1ccc(O)cc1)NC1=N[C@H](CO)[C@@H](O)[C@H](O)[C@H]1O. The number of hydrogen-bond acceptors (Lipinski definition) is 8. The van der Waals surface area contributed by atoms with Gasteiger partial charge in [0, 0.05) is 0 Å². The standard InChI is InChI=1S/C15H18N2O7/c18-6-10-11(20)12(21)13(22)14(17-10)16-9(15(23)24)5-7-1-3-8(19)4-2-7/h1-5,10-13,18-22H,6H2,(H,16,17)(H,23,24)/b9-5-/t10-,11-,12+,13-/m1/s1. The van der Waals surface area contributed by atoms with Crippen LogP contribution in [0.25, 0.3) is 6.08 Å². The van der Waals surface area contributed by atoms with Crippen molar-refractivity contribution in [1.82, 2.24) is 5.32 Å². The molecular weight excluding hydrogens is 320 g/mol. The average Bonchev–Trinajstić information content (AvgIpc) is 2.56. The first-order chi connectivity index (χ1) is 11.3. The van der Waals surface area contributed by atoms with Crippen molar-refractivity contribution >= 4 is 17.9 Å². The maximum Gasteiger partial charge on any atom is 0.352 e. The van der Waals surface area contributed by atoms with Crippen LogP contribution in [-0.2, 0) is 4.79 Å². The lowest BCUT2D eigenvalue weighted by molar-refractivity contribution is -0.132. The molecule has 1 heterocycles. The number of benzene rings is 1. The lowest BCUT2D eigenvalue weighted by Gasteiger charge is -2.33. The van der Waals surface area contributed by atoms with E-state index in [1.54, 1.807) is 0 Å². The number of phenolic OH excluding ortho intramolecular Hbond substituents is 1. The largest absolute Gasteiger partial charge is 0.508 e. The van der Waals surface area contributed by atoms with Gasteiger partial charge in [0.2, 0.25) is 0 Å². The van der Waals surface area contributed by atoms with E-state index in [1.165, 1.54) is 30.3 Å². The highest BCUT2D eigenvalue weighted by atomic mass is 16.4. The van der Waals surface area contributed by atoms with Gasteiger partial charge in [-0.25, -0.2) is 4.79 Å². The second-order valence-corrected chi connectivity index (χ2v) is 5.27. The number of nitrogens with one attached hydrogen (secondary N) is 1. The van der Waals surface area contributed by atoms with Crippen LogP contribution in [0.4, 0.5) is 0 Å². The van der Waals surface area contributed by atoms with E-state index in [9.17, 15) is 30.3 Å². The van der Waals surface area contributed by atoms with Crippen molar-refractivity contribution in [1.29, 1.82) is 0 Å². The van der Waals surface area contributed by atoms with Crippen LogP contribution in [0.3, 0.4) is 0 Å². The molecule has 0 radical (unpaired) electrons. The number of aliphatic hydroxyl groups excluding tert-OH is 4. The number of aromatic hydroxyl groups is 1. The van der Waals surface area contributed by atoms with Gasteiger partial charge in [-0.15, -0.1) is 0 Å². The molecule has 0 aromatic heterocycles. The number of rotatable bonds is 4. The molecule has 0 amide bonds. The summed E-state index contributed by atoms with van der Waals surface area (Å²) < 4.78 is 0. The summed E-state index contributed by atoms with van der Waals surface area (Å²) in [4.78, 5) is 15.2. The zero-order chi connectivity index (χ0) is 17.9. The van der Waals surface area contributed by atoms with Gasteiger partial charge in [-0.3, -0.25) is 4.99 Å². The molecule has 130 valence electrons. The number of carboxylic acid groups (broad SMARTS) is 1. The Hall–Kier alpha value is -2.46. The maximum atomic E-state index is 11.4. The van der Waals surface area contributed by atoms with Crippen LogP contribution >= 0.6 is 0 Å². The molecule has 0 saturated heterocycles. The Balaban J connectivity index is 2.30. The number of amidine groups is 1. The number of aliphatic hydroxyl groups is 4. The van der Waals surface area contributed by atoms with Crippen molar-refractivity contribution in [2.45, 2.75) is 24.4 Å². The first kappa shape index (κ1) is 17.9. The summed E-state index contributed by atoms with van der Waals surface area (Å²) in [6, 6.07) is 4.62. The van der Waals surface area contributed by atoms with Crippen LogP contribution in [0.15, 0.2) is 35.0 Å². The Morgan fingerprint density at radius 3 is 2.33 bits per heavy atom. The monoisotopic (exact) mass is 338 g/mol. The zero-order valence-corrected chi connectivity index (χ0v) is 12.4. The number of carbonyl (C=O) groups is 1. The molecule has 1 aliphatic heterocycles. The third-order valence-corrected chi connectivity index (χ3v) is 3.54. The molecule has 24 heavy (non-hydrogen) atoms. The fraction of sp³-hybridized carbons (Fsp3) is 0.333. The number of phenols is 1. The van der Waals surface area contributed by atoms with Crippen LogP contribution in [0.2, 0.25) is 0 Å². The molecule has 0 fully saturated rings. The van der Waals surface area contributed by atoms with Crippen LogP contribution in [-0.4, -0.2) is 73.4 Å². The lowest BCUT2D eigenvalue weighted by Crippen LogP contribution is -2.56. The normalized spacial score (nSPS) is 27.5. The molecule has 1 aromatic rings. The van der Waals surface area contributed by atoms with Crippen molar-refractivity contribution in [3.63, 3.8) is 0 Å². The topological polar surface area (TPSA) is 163 Å². The molecule has 0 aliphatic carbocycles. The van der Waals surface area contributed by atoms with E-state index in [4.69, 9.17) is 5.11 Å². The van der Waals surface area contributed by atoms with E-state index < -0.39 is 36.9 Å². The minimum Gasteiger partial charge on any atom is -0.508 e. The van der Waals surface area contributed by atoms with Crippen molar-refractivity contribution in [3.05, 3.63) is 35.5 Å². The number of aliphatic imine (C=N–C) groups is 1. The number of hydrogen-bond donors (Lipinski definition) is 7. The molecule has 0 bridgehead atoms. The summed E-state index contributed by atoms with van der Waals surface area (Å²) in [5.74, 6) is -1.61. The van der Waals surface area contributed by atoms with Gasteiger partial charge in [0.15, 0.2) is 0 Å². The summed E-state index contributed by atoms with van der Waals surface area (Å²) in [6.07, 6.45) is -3.48. The fourth-order valence-corrected chi connectivity index (χ4v) is 2.19. The van der Waals surface area contributed by atoms with Crippen molar-refractivity contribution < 1.29 is 35.4 Å². The Morgan fingerprint density at radius 2 is 1.79 bits per heavy atom. The predicted octanol–water partition coefficient (Wildman–Crippen LogP) is -1.74. The molecule has 1 aromatic carbocycles. The summed E-state index contributed by atoms with van der Waals surface area (Å²) in [5.41, 5.74) is 0.113. The highest BCUT2D eigenvalue weighted by Gasteiger charge is 2.39. The van der Waals surface area contributed by atoms with Crippen molar-refractivity contribution in [2.24, 2.45) is 4.99 Å². The van der Waals surface area contributed by atoms with Gasteiger partial charge in [-0.1, -0.05) is 12.1 Å². The number of aliphatic carboxylic acids is 1. The van der Waals surface area contributed by atoms with Crippen LogP contribution in [0, 0.1) is 0 Å². The molecule has 2 rings (SSSR count). The highest BCUT2D eigenvalue weighted by molar-refractivity contribution is 6.00. The summed E-state index contributed by atoms with van der Waals surface area (Å²) >= 11 is 0. The highest BCUT2D eigenvalue weighted by Crippen LogP contribution is 2.17. The first-order valence-corrected chi connectivity index (χ1v) is 7.07. The average molecular weight is 338 g/mol. The maximum absolute atomic E-state index is 11.4. The van der Waals surface area contributed by atoms with Crippen LogP contribution in [0.1, 0.15) is 5.56 Å². The zero-order valence-electron chi connectivity index (χ0n) is 12.4. The summed E-state index contributed by atoms with van der Waals surface area (Å²) in [7, 11) is 0. The quantitative estimate of drug-likeness (QED) is 0.318. The van der Waals surface area contributed by atoms with Gasteiger partial charge in [-0.05, 0) is 23.8 Å². The van der Waals surface area contributed by atoms with Crippen LogP contribution < -0.4 is 5.32 Å². The van der Waals surface area contributed by atoms with Gasteiger partial charge < -0.3 is 36.0 Å². The van der Waals surface area contributed by atoms with E-state index >= 15 is 0 Å². The second kappa shape index (κ2) is 7.41. The van der Waals surface area contributed by atoms with Gasteiger partial charge in [-0.2, -0.15) is 0 Å². The molecule has 7 N–H and O–H groups in total. The van der Waals surface area contributed by atoms with E-state index in [-0.39, 0.29) is 17.3 Å². The van der Waals surface area contributed by atoms with E-state index in [1.807, 2.05) is 0 Å². The molecule has 1 aliphatic rings. The second-order valence-electron chi connectivity index (χ2n) is 5.27. The molecule has 0 spiro atoms. The Morgan fingerprint density at radius 1 is 1.17 bits per heavy atom. The molecule has 0 unspecified atom stereocenters. The summed E-state index contributed by atoms with van der Waals surface area (Å²) in [6.45, 7) is -0.583. The van der Waals surface area contributed by atoms with Gasteiger partial charge in [0.25, 0.3) is 0 Å². The summed E-state index contributed by atoms with van der Waals surface area (Å²) in [5, 5.41) is 59.4. The minimum absolute atomic E-state index is 0.0203.